The number of hydrogen-bond acceptors (Lipinski definition) is 3. The van der Waals surface area contributed by atoms with E-state index in [2.05, 4.69) is 12.2 Å². The first-order chi connectivity index (χ1) is 10.1. The van der Waals surface area contributed by atoms with Crippen LogP contribution in [0.1, 0.15) is 38.2 Å². The van der Waals surface area contributed by atoms with Gasteiger partial charge in [0.1, 0.15) is 5.75 Å². The van der Waals surface area contributed by atoms with Gasteiger partial charge in [-0.2, -0.15) is 0 Å². The topological polar surface area (TPSA) is 41.6 Å². The molecule has 1 unspecified atom stereocenters. The molecule has 1 fully saturated rings. The molecule has 4 nitrogen and oxygen atoms in total. The van der Waals surface area contributed by atoms with Crippen molar-refractivity contribution in [3.8, 4) is 5.75 Å². The molecule has 0 bridgehead atoms. The molecule has 1 aromatic carbocycles. The van der Waals surface area contributed by atoms with Crippen LogP contribution in [0.2, 0.25) is 0 Å². The van der Waals surface area contributed by atoms with Crippen LogP contribution in [-0.2, 0) is 11.3 Å². The summed E-state index contributed by atoms with van der Waals surface area (Å²) in [5, 5.41) is 3.44. The molecule has 1 aromatic rings. The molecule has 1 amide bonds. The number of amides is 1. The predicted molar refractivity (Wildman–Crippen MR) is 84.3 cm³/mol. The number of nitrogens with zero attached hydrogens (tertiary/aromatic N) is 1. The van der Waals surface area contributed by atoms with E-state index in [1.54, 1.807) is 7.11 Å². The van der Waals surface area contributed by atoms with Crippen molar-refractivity contribution >= 4 is 5.91 Å². The summed E-state index contributed by atoms with van der Waals surface area (Å²) in [6, 6.07) is 7.89. The van der Waals surface area contributed by atoms with Crippen molar-refractivity contribution in [3.05, 3.63) is 29.8 Å². The summed E-state index contributed by atoms with van der Waals surface area (Å²) in [4.78, 5) is 14.7. The maximum absolute atomic E-state index is 12.8. The normalized spacial score (nSPS) is 21.3. The molecule has 0 radical (unpaired) electrons. The molecule has 0 aliphatic carbocycles. The number of rotatable bonds is 6. The third-order valence-electron chi connectivity index (χ3n) is 4.26. The highest BCUT2D eigenvalue weighted by Crippen LogP contribution is 2.27. The average molecular weight is 290 g/mol. The van der Waals surface area contributed by atoms with E-state index in [-0.39, 0.29) is 11.4 Å². The molecule has 1 N–H and O–H groups in total. The van der Waals surface area contributed by atoms with Gasteiger partial charge in [0.25, 0.3) is 0 Å². The molecule has 0 aromatic heterocycles. The van der Waals surface area contributed by atoms with Crippen LogP contribution in [0, 0.1) is 0 Å². The Bertz CT molecular complexity index is 464. The average Bonchev–Trinajstić information content (AvgIpc) is 2.97. The molecule has 4 heteroatoms. The number of methoxy groups -OCH3 is 1. The number of benzene rings is 1. The van der Waals surface area contributed by atoms with Crippen molar-refractivity contribution in [1.82, 2.24) is 10.2 Å². The fraction of sp³-hybridized carbons (Fsp3) is 0.588. The van der Waals surface area contributed by atoms with Gasteiger partial charge in [-0.25, -0.2) is 0 Å². The van der Waals surface area contributed by atoms with Gasteiger partial charge < -0.3 is 15.0 Å². The Hall–Kier alpha value is -1.55. The SMILES string of the molecule is CCCC1(C(=O)N(C)Cc2ccc(OC)cc2)CCCN1. The van der Waals surface area contributed by atoms with E-state index >= 15 is 0 Å². The molecule has 1 atom stereocenters. The van der Waals surface area contributed by atoms with Gasteiger partial charge >= 0.3 is 0 Å². The lowest BCUT2D eigenvalue weighted by Gasteiger charge is -2.32. The minimum absolute atomic E-state index is 0.220. The fourth-order valence-electron chi connectivity index (χ4n) is 3.18. The molecule has 1 heterocycles. The molecular formula is C17H26N2O2. The van der Waals surface area contributed by atoms with Crippen molar-refractivity contribution in [2.45, 2.75) is 44.7 Å². The number of nitrogens with one attached hydrogen (secondary N) is 1. The zero-order chi connectivity index (χ0) is 15.3. The van der Waals surface area contributed by atoms with Crippen LogP contribution >= 0.6 is 0 Å². The zero-order valence-electron chi connectivity index (χ0n) is 13.3. The van der Waals surface area contributed by atoms with E-state index in [9.17, 15) is 4.79 Å². The van der Waals surface area contributed by atoms with E-state index in [1.165, 1.54) is 0 Å². The lowest BCUT2D eigenvalue weighted by molar-refractivity contribution is -0.137. The number of carbonyl (C=O) groups excluding carboxylic acids is 1. The molecular weight excluding hydrogens is 264 g/mol. The molecule has 21 heavy (non-hydrogen) atoms. The van der Waals surface area contributed by atoms with Gasteiger partial charge in [-0.15, -0.1) is 0 Å². The first-order valence-electron chi connectivity index (χ1n) is 7.75. The van der Waals surface area contributed by atoms with Gasteiger partial charge in [0.15, 0.2) is 0 Å². The van der Waals surface area contributed by atoms with E-state index in [0.717, 1.165) is 43.5 Å². The zero-order valence-corrected chi connectivity index (χ0v) is 13.3. The smallest absolute Gasteiger partial charge is 0.242 e. The van der Waals surface area contributed by atoms with Crippen LogP contribution in [0.5, 0.6) is 5.75 Å². The van der Waals surface area contributed by atoms with Gasteiger partial charge in [-0.05, 0) is 43.5 Å². The highest BCUT2D eigenvalue weighted by molar-refractivity contribution is 5.86. The second-order valence-corrected chi connectivity index (χ2v) is 5.87. The number of hydrogen-bond donors (Lipinski definition) is 1. The first-order valence-corrected chi connectivity index (χ1v) is 7.75. The van der Waals surface area contributed by atoms with Crippen LogP contribution in [0.4, 0.5) is 0 Å². The molecule has 1 aliphatic rings. The van der Waals surface area contributed by atoms with Gasteiger partial charge in [-0.1, -0.05) is 25.5 Å². The molecule has 116 valence electrons. The van der Waals surface area contributed by atoms with Crippen molar-refractivity contribution < 1.29 is 9.53 Å². The second kappa shape index (κ2) is 6.94. The highest BCUT2D eigenvalue weighted by atomic mass is 16.5. The number of carbonyl (C=O) groups is 1. The highest BCUT2D eigenvalue weighted by Gasteiger charge is 2.41. The maximum Gasteiger partial charge on any atom is 0.242 e. The van der Waals surface area contributed by atoms with Crippen molar-refractivity contribution in [2.75, 3.05) is 20.7 Å². The monoisotopic (exact) mass is 290 g/mol. The Morgan fingerprint density at radius 2 is 2.10 bits per heavy atom. The molecule has 0 spiro atoms. The summed E-state index contributed by atoms with van der Waals surface area (Å²) in [7, 11) is 3.55. The van der Waals surface area contributed by atoms with Crippen molar-refractivity contribution in [3.63, 3.8) is 0 Å². The lowest BCUT2D eigenvalue weighted by atomic mass is 9.90. The molecule has 2 rings (SSSR count). The third-order valence-corrected chi connectivity index (χ3v) is 4.26. The number of likely N-dealkylation sites (N-methyl/N-ethyl adjacent to an activating group) is 1. The van der Waals surface area contributed by atoms with Gasteiger partial charge in [0.05, 0.1) is 12.6 Å². The maximum atomic E-state index is 12.8. The van der Waals surface area contributed by atoms with Gasteiger partial charge in [0.2, 0.25) is 5.91 Å². The minimum Gasteiger partial charge on any atom is -0.497 e. The van der Waals surface area contributed by atoms with Crippen LogP contribution in [-0.4, -0.2) is 37.0 Å². The van der Waals surface area contributed by atoms with Crippen molar-refractivity contribution in [2.24, 2.45) is 0 Å². The Morgan fingerprint density at radius 1 is 1.38 bits per heavy atom. The quantitative estimate of drug-likeness (QED) is 0.875. The summed E-state index contributed by atoms with van der Waals surface area (Å²) < 4.78 is 5.16. The molecule has 1 aliphatic heterocycles. The summed E-state index contributed by atoms with van der Waals surface area (Å²) in [5.41, 5.74) is 0.784. The fourth-order valence-corrected chi connectivity index (χ4v) is 3.18. The predicted octanol–water partition coefficient (Wildman–Crippen LogP) is 2.58. The van der Waals surface area contributed by atoms with Gasteiger partial charge in [-0.3, -0.25) is 4.79 Å². The standard InChI is InChI=1S/C17H26N2O2/c1-4-10-17(11-5-12-18-17)16(20)19(2)13-14-6-8-15(21-3)9-7-14/h6-9,18H,4-5,10-13H2,1-3H3. The van der Waals surface area contributed by atoms with E-state index in [4.69, 9.17) is 4.74 Å². The third kappa shape index (κ3) is 3.56. The second-order valence-electron chi connectivity index (χ2n) is 5.87. The first kappa shape index (κ1) is 15.8. The Kier molecular flexibility index (Phi) is 5.23. The van der Waals surface area contributed by atoms with Crippen LogP contribution in [0.3, 0.4) is 0 Å². The van der Waals surface area contributed by atoms with Crippen LogP contribution in [0.25, 0.3) is 0 Å². The van der Waals surface area contributed by atoms with E-state index in [0.29, 0.717) is 6.54 Å². The molecule has 1 saturated heterocycles. The Labute approximate surface area is 127 Å². The Balaban J connectivity index is 2.03. The van der Waals surface area contributed by atoms with Crippen molar-refractivity contribution in [1.29, 1.82) is 0 Å². The largest absolute Gasteiger partial charge is 0.497 e. The minimum atomic E-state index is -0.337. The van der Waals surface area contributed by atoms with E-state index in [1.807, 2.05) is 36.2 Å². The van der Waals surface area contributed by atoms with Crippen LogP contribution < -0.4 is 10.1 Å². The summed E-state index contributed by atoms with van der Waals surface area (Å²) >= 11 is 0. The van der Waals surface area contributed by atoms with Gasteiger partial charge in [0, 0.05) is 13.6 Å². The summed E-state index contributed by atoms with van der Waals surface area (Å²) in [5.74, 6) is 1.06. The summed E-state index contributed by atoms with van der Waals surface area (Å²) in [6.45, 7) is 3.72. The Morgan fingerprint density at radius 3 is 2.62 bits per heavy atom. The van der Waals surface area contributed by atoms with Crippen LogP contribution in [0.15, 0.2) is 24.3 Å². The molecule has 0 saturated carbocycles. The number of ether oxygens (including phenoxy) is 1. The van der Waals surface area contributed by atoms with E-state index < -0.39 is 0 Å². The lowest BCUT2D eigenvalue weighted by Crippen LogP contribution is -2.53. The summed E-state index contributed by atoms with van der Waals surface area (Å²) in [6.07, 6.45) is 3.97.